The molecule has 0 bridgehead atoms. The van der Waals surface area contributed by atoms with Gasteiger partial charge in [0.25, 0.3) is 0 Å². The third-order valence-electron chi connectivity index (χ3n) is 6.19. The van der Waals surface area contributed by atoms with Gasteiger partial charge in [0.1, 0.15) is 0 Å². The highest BCUT2D eigenvalue weighted by atomic mass is 35.5. The number of fused-ring (bicyclic) bond motifs is 1. The lowest BCUT2D eigenvalue weighted by molar-refractivity contribution is 0.182. The number of allylic oxidation sites excluding steroid dienone is 1. The fourth-order valence-corrected chi connectivity index (χ4v) is 4.05. The van der Waals surface area contributed by atoms with E-state index < -0.39 is 5.67 Å². The number of unbranched alkanes of at least 4 members (excludes halogenated alkanes) is 2. The summed E-state index contributed by atoms with van der Waals surface area (Å²) in [6.45, 7) is 14.9. The Hall–Kier alpha value is -1.91. The summed E-state index contributed by atoms with van der Waals surface area (Å²) in [4.78, 5) is 9.21. The highest BCUT2D eigenvalue weighted by Gasteiger charge is 2.46. The van der Waals surface area contributed by atoms with Gasteiger partial charge in [0, 0.05) is 37.3 Å². The lowest BCUT2D eigenvalue weighted by atomic mass is 10.1. The molecular formula is C26H35ClFN3. The molecular weight excluding hydrogens is 409 g/mol. The minimum Gasteiger partial charge on any atom is -0.373 e. The van der Waals surface area contributed by atoms with Crippen LogP contribution in [0.4, 0.5) is 4.39 Å². The highest BCUT2D eigenvalue weighted by molar-refractivity contribution is 6.35. The zero-order valence-corrected chi connectivity index (χ0v) is 19.7. The molecule has 31 heavy (non-hydrogen) atoms. The van der Waals surface area contributed by atoms with Gasteiger partial charge in [0.2, 0.25) is 0 Å². The largest absolute Gasteiger partial charge is 0.373 e. The molecule has 2 aromatic rings. The second-order valence-electron chi connectivity index (χ2n) is 8.75. The van der Waals surface area contributed by atoms with Crippen molar-refractivity contribution in [1.82, 2.24) is 14.8 Å². The molecule has 1 aliphatic carbocycles. The first kappa shape index (κ1) is 23.7. The van der Waals surface area contributed by atoms with Crippen molar-refractivity contribution in [1.29, 1.82) is 0 Å². The van der Waals surface area contributed by atoms with Crippen molar-refractivity contribution in [2.75, 3.05) is 33.2 Å². The van der Waals surface area contributed by atoms with Gasteiger partial charge in [-0.1, -0.05) is 62.7 Å². The van der Waals surface area contributed by atoms with E-state index in [1.54, 1.807) is 12.1 Å². The molecule has 1 saturated carbocycles. The zero-order chi connectivity index (χ0) is 22.4. The first-order valence-corrected chi connectivity index (χ1v) is 11.8. The molecule has 0 radical (unpaired) electrons. The number of rotatable bonds is 7. The van der Waals surface area contributed by atoms with E-state index in [0.717, 1.165) is 16.5 Å². The monoisotopic (exact) mass is 443 g/mol. The van der Waals surface area contributed by atoms with E-state index in [2.05, 4.69) is 41.9 Å². The van der Waals surface area contributed by atoms with Gasteiger partial charge in [-0.2, -0.15) is 0 Å². The number of benzene rings is 1. The number of hydrogen-bond acceptors (Lipinski definition) is 3. The van der Waals surface area contributed by atoms with Gasteiger partial charge < -0.3 is 9.80 Å². The maximum atomic E-state index is 14.0. The Labute approximate surface area is 191 Å². The summed E-state index contributed by atoms with van der Waals surface area (Å²) in [7, 11) is 2.19. The Balaban J connectivity index is 0.000000180. The summed E-state index contributed by atoms with van der Waals surface area (Å²) in [5.74, 6) is 0. The molecule has 0 amide bonds. The normalized spacial score (nSPS) is 17.7. The molecule has 3 nitrogen and oxygen atoms in total. The van der Waals surface area contributed by atoms with Crippen molar-refractivity contribution in [3.63, 3.8) is 0 Å². The van der Waals surface area contributed by atoms with Crippen LogP contribution in [-0.2, 0) is 5.67 Å². The molecule has 2 aliphatic rings. The Morgan fingerprint density at radius 3 is 2.52 bits per heavy atom. The average Bonchev–Trinajstić information content (AvgIpc) is 3.53. The van der Waals surface area contributed by atoms with Gasteiger partial charge in [-0.25, -0.2) is 9.37 Å². The van der Waals surface area contributed by atoms with E-state index in [0.29, 0.717) is 23.6 Å². The molecule has 2 fully saturated rings. The average molecular weight is 444 g/mol. The van der Waals surface area contributed by atoms with Crippen molar-refractivity contribution in [2.45, 2.75) is 51.1 Å². The Kier molecular flexibility index (Phi) is 8.12. The second kappa shape index (κ2) is 10.6. The van der Waals surface area contributed by atoms with E-state index in [-0.39, 0.29) is 0 Å². The fourth-order valence-electron chi connectivity index (χ4n) is 3.79. The van der Waals surface area contributed by atoms with Crippen LogP contribution in [0, 0.1) is 0 Å². The van der Waals surface area contributed by atoms with Crippen LogP contribution in [-0.4, -0.2) is 48.0 Å². The lowest BCUT2D eigenvalue weighted by Gasteiger charge is -2.35. The third kappa shape index (κ3) is 6.30. The van der Waals surface area contributed by atoms with Crippen LogP contribution < -0.4 is 0 Å². The minimum atomic E-state index is -1.25. The van der Waals surface area contributed by atoms with Crippen molar-refractivity contribution in [2.24, 2.45) is 0 Å². The quantitative estimate of drug-likeness (QED) is 0.438. The topological polar surface area (TPSA) is 19.4 Å². The Morgan fingerprint density at radius 2 is 1.90 bits per heavy atom. The van der Waals surface area contributed by atoms with E-state index in [4.69, 9.17) is 11.6 Å². The molecule has 1 saturated heterocycles. The van der Waals surface area contributed by atoms with Crippen molar-refractivity contribution in [3.05, 3.63) is 59.4 Å². The summed E-state index contributed by atoms with van der Waals surface area (Å²) < 4.78 is 14.0. The standard InChI is InChI=1S/C14H11ClFN.C12H24N2/c1-2-9-3-4-10-11(15)8-13(14(16)5-6-14)17-12(10)7-9;1-4-5-6-7-12(2)14-10-8-13(3)9-11-14/h2-4,7-8H,1,5-6H2;2,4-11H2,1,3H3. The number of aromatic nitrogens is 1. The van der Waals surface area contributed by atoms with E-state index in [1.165, 1.54) is 57.6 Å². The van der Waals surface area contributed by atoms with Crippen LogP contribution in [0.25, 0.3) is 17.0 Å². The van der Waals surface area contributed by atoms with Crippen LogP contribution in [0.15, 0.2) is 43.1 Å². The molecule has 168 valence electrons. The minimum absolute atomic E-state index is 0.455. The summed E-state index contributed by atoms with van der Waals surface area (Å²) in [5.41, 5.74) is 2.25. The molecule has 0 spiro atoms. The second-order valence-corrected chi connectivity index (χ2v) is 9.16. The van der Waals surface area contributed by atoms with E-state index in [9.17, 15) is 4.39 Å². The van der Waals surface area contributed by atoms with E-state index >= 15 is 0 Å². The number of alkyl halides is 1. The highest BCUT2D eigenvalue weighted by Crippen LogP contribution is 2.49. The molecule has 1 aromatic heterocycles. The molecule has 0 unspecified atom stereocenters. The van der Waals surface area contributed by atoms with Gasteiger partial charge in [0.05, 0.1) is 16.2 Å². The van der Waals surface area contributed by atoms with Crippen molar-refractivity contribution >= 4 is 28.6 Å². The predicted octanol–water partition coefficient (Wildman–Crippen LogP) is 6.82. The number of pyridine rings is 1. The first-order chi connectivity index (χ1) is 14.9. The van der Waals surface area contributed by atoms with Crippen molar-refractivity contribution in [3.8, 4) is 0 Å². The van der Waals surface area contributed by atoms with Crippen molar-refractivity contribution < 1.29 is 4.39 Å². The maximum absolute atomic E-state index is 14.0. The van der Waals surface area contributed by atoms with Gasteiger partial charge >= 0.3 is 0 Å². The van der Waals surface area contributed by atoms with Crippen LogP contribution >= 0.6 is 11.6 Å². The van der Waals surface area contributed by atoms with Gasteiger partial charge in [-0.15, -0.1) is 0 Å². The SMILES string of the molecule is C=C(CCCCC)N1CCN(C)CC1.C=Cc1ccc2c(Cl)cc(C3(F)CC3)nc2c1. The molecule has 0 N–H and O–H groups in total. The summed E-state index contributed by atoms with van der Waals surface area (Å²) >= 11 is 6.16. The summed E-state index contributed by atoms with van der Waals surface area (Å²) in [6.07, 6.45) is 7.97. The Bertz CT molecular complexity index is 914. The number of hydrogen-bond donors (Lipinski definition) is 0. The van der Waals surface area contributed by atoms with Gasteiger partial charge in [-0.3, -0.25) is 0 Å². The molecule has 1 aliphatic heterocycles. The predicted molar refractivity (Wildman–Crippen MR) is 131 cm³/mol. The van der Waals surface area contributed by atoms with E-state index in [1.807, 2.05) is 18.2 Å². The Morgan fingerprint density at radius 1 is 1.19 bits per heavy atom. The van der Waals surface area contributed by atoms with Crippen LogP contribution in [0.2, 0.25) is 5.02 Å². The summed E-state index contributed by atoms with van der Waals surface area (Å²) in [5, 5.41) is 1.41. The summed E-state index contributed by atoms with van der Waals surface area (Å²) in [6, 6.07) is 7.34. The first-order valence-electron chi connectivity index (χ1n) is 11.4. The molecule has 4 rings (SSSR count). The third-order valence-corrected chi connectivity index (χ3v) is 6.50. The maximum Gasteiger partial charge on any atom is 0.153 e. The fraction of sp³-hybridized carbons (Fsp3) is 0.500. The van der Waals surface area contributed by atoms with Crippen LogP contribution in [0.1, 0.15) is 56.7 Å². The molecule has 2 heterocycles. The molecule has 0 atom stereocenters. The zero-order valence-electron chi connectivity index (χ0n) is 19.0. The van der Waals surface area contributed by atoms with Gasteiger partial charge in [-0.05, 0) is 50.4 Å². The number of nitrogens with zero attached hydrogens (tertiary/aromatic N) is 3. The van der Waals surface area contributed by atoms with Crippen LogP contribution in [0.5, 0.6) is 0 Å². The number of piperazine rings is 1. The van der Waals surface area contributed by atoms with Crippen LogP contribution in [0.3, 0.4) is 0 Å². The molecule has 1 aromatic carbocycles. The molecule has 5 heteroatoms. The lowest BCUT2D eigenvalue weighted by Crippen LogP contribution is -2.43. The number of halogens is 2. The number of likely N-dealkylation sites (N-methyl/N-ethyl adjacent to an activating group) is 1. The van der Waals surface area contributed by atoms with Gasteiger partial charge in [0.15, 0.2) is 5.67 Å². The smallest absolute Gasteiger partial charge is 0.153 e.